The number of fused-ring (bicyclic) bond motifs is 1. The molecule has 2 aromatic rings. The number of methoxy groups -OCH3 is 1. The molecule has 1 aromatic carbocycles. The molecule has 6 nitrogen and oxygen atoms in total. The van der Waals surface area contributed by atoms with Gasteiger partial charge in [0.25, 0.3) is 0 Å². The second-order valence-electron chi connectivity index (χ2n) is 5.24. The van der Waals surface area contributed by atoms with Gasteiger partial charge in [0.15, 0.2) is 0 Å². The number of hydrogen-bond donors (Lipinski definition) is 3. The van der Waals surface area contributed by atoms with Crippen molar-refractivity contribution in [2.45, 2.75) is 25.4 Å². The highest BCUT2D eigenvalue weighted by Gasteiger charge is 2.31. The van der Waals surface area contributed by atoms with Gasteiger partial charge in [-0.3, -0.25) is 9.59 Å². The smallest absolute Gasteiger partial charge is 0.243 e. The normalized spacial score (nSPS) is 22.0. The third-order valence-corrected chi connectivity index (χ3v) is 3.69. The molecule has 110 valence electrons. The van der Waals surface area contributed by atoms with E-state index in [0.717, 1.165) is 22.3 Å². The Labute approximate surface area is 121 Å². The van der Waals surface area contributed by atoms with Crippen LogP contribution in [0, 0.1) is 0 Å². The zero-order valence-electron chi connectivity index (χ0n) is 11.9. The van der Waals surface area contributed by atoms with E-state index in [1.54, 1.807) is 14.0 Å². The minimum atomic E-state index is -0.538. The zero-order chi connectivity index (χ0) is 15.0. The molecule has 1 saturated heterocycles. The lowest BCUT2D eigenvalue weighted by atomic mass is 10.1. The van der Waals surface area contributed by atoms with Crippen LogP contribution in [0.1, 0.15) is 12.6 Å². The number of piperazine rings is 1. The second-order valence-corrected chi connectivity index (χ2v) is 5.24. The van der Waals surface area contributed by atoms with Crippen molar-refractivity contribution in [2.75, 3.05) is 7.11 Å². The van der Waals surface area contributed by atoms with E-state index in [0.29, 0.717) is 6.42 Å². The first-order valence-electron chi connectivity index (χ1n) is 6.83. The van der Waals surface area contributed by atoms with E-state index in [-0.39, 0.29) is 11.8 Å². The third-order valence-electron chi connectivity index (χ3n) is 3.69. The van der Waals surface area contributed by atoms with Crippen molar-refractivity contribution in [3.05, 3.63) is 30.0 Å². The molecule has 0 aliphatic carbocycles. The summed E-state index contributed by atoms with van der Waals surface area (Å²) in [4.78, 5) is 26.8. The predicted molar refractivity (Wildman–Crippen MR) is 78.1 cm³/mol. The summed E-state index contributed by atoms with van der Waals surface area (Å²) < 4.78 is 5.19. The molecule has 1 fully saturated rings. The van der Waals surface area contributed by atoms with Gasteiger partial charge in [0.1, 0.15) is 17.8 Å². The predicted octanol–water partition coefficient (Wildman–Crippen LogP) is 0.722. The standard InChI is InChI=1S/C15H17N3O3/c1-8-14(19)18-13(15(20)16-8)7-10-5-9-6-11(21-2)3-4-12(9)17-10/h3-6,8,13,17H,7H2,1-2H3,(H,16,20)(H,18,19). The van der Waals surface area contributed by atoms with Crippen molar-refractivity contribution in [2.24, 2.45) is 0 Å². The van der Waals surface area contributed by atoms with Crippen molar-refractivity contribution >= 4 is 22.7 Å². The quantitative estimate of drug-likeness (QED) is 0.778. The lowest BCUT2D eigenvalue weighted by Crippen LogP contribution is -2.61. The number of benzene rings is 1. The van der Waals surface area contributed by atoms with Crippen molar-refractivity contribution in [3.63, 3.8) is 0 Å². The van der Waals surface area contributed by atoms with Gasteiger partial charge < -0.3 is 20.4 Å². The van der Waals surface area contributed by atoms with E-state index >= 15 is 0 Å². The fourth-order valence-electron chi connectivity index (χ4n) is 2.51. The van der Waals surface area contributed by atoms with E-state index in [4.69, 9.17) is 4.74 Å². The van der Waals surface area contributed by atoms with Crippen LogP contribution in [-0.2, 0) is 16.0 Å². The summed E-state index contributed by atoms with van der Waals surface area (Å²) in [6, 6.07) is 6.69. The first-order chi connectivity index (χ1) is 10.1. The molecule has 2 amide bonds. The number of H-pyrrole nitrogens is 1. The summed E-state index contributed by atoms with van der Waals surface area (Å²) in [6.45, 7) is 1.67. The number of ether oxygens (including phenoxy) is 1. The first-order valence-corrected chi connectivity index (χ1v) is 6.83. The number of carbonyl (C=O) groups is 2. The van der Waals surface area contributed by atoms with E-state index in [1.165, 1.54) is 0 Å². The van der Waals surface area contributed by atoms with Gasteiger partial charge in [-0.1, -0.05) is 0 Å². The molecule has 0 spiro atoms. The largest absolute Gasteiger partial charge is 0.497 e. The highest BCUT2D eigenvalue weighted by Crippen LogP contribution is 2.22. The molecule has 0 radical (unpaired) electrons. The Morgan fingerprint density at radius 2 is 1.95 bits per heavy atom. The molecule has 1 aromatic heterocycles. The van der Waals surface area contributed by atoms with Crippen molar-refractivity contribution in [1.82, 2.24) is 15.6 Å². The van der Waals surface area contributed by atoms with E-state index < -0.39 is 12.1 Å². The molecule has 2 heterocycles. The monoisotopic (exact) mass is 287 g/mol. The van der Waals surface area contributed by atoms with Crippen LogP contribution in [0.2, 0.25) is 0 Å². The Bertz CT molecular complexity index is 707. The molecule has 3 rings (SSSR count). The van der Waals surface area contributed by atoms with E-state index in [9.17, 15) is 9.59 Å². The fourth-order valence-corrected chi connectivity index (χ4v) is 2.51. The molecular formula is C15H17N3O3. The molecular weight excluding hydrogens is 270 g/mol. The van der Waals surface area contributed by atoms with Gasteiger partial charge in [-0.05, 0) is 31.2 Å². The van der Waals surface area contributed by atoms with Crippen LogP contribution in [-0.4, -0.2) is 36.0 Å². The number of carbonyl (C=O) groups excluding carboxylic acids is 2. The molecule has 0 saturated carbocycles. The molecule has 2 atom stereocenters. The fraction of sp³-hybridized carbons (Fsp3) is 0.333. The maximum absolute atomic E-state index is 11.9. The summed E-state index contributed by atoms with van der Waals surface area (Å²) in [7, 11) is 1.62. The Kier molecular flexibility index (Phi) is 3.29. The van der Waals surface area contributed by atoms with Gasteiger partial charge >= 0.3 is 0 Å². The SMILES string of the molecule is COc1ccc2[nH]c(CC3NC(=O)C(C)NC3=O)cc2c1. The van der Waals surface area contributed by atoms with Crippen LogP contribution in [0.5, 0.6) is 5.75 Å². The van der Waals surface area contributed by atoms with Crippen LogP contribution >= 0.6 is 0 Å². The van der Waals surface area contributed by atoms with Crippen molar-refractivity contribution in [3.8, 4) is 5.75 Å². The van der Waals surface area contributed by atoms with Crippen LogP contribution in [0.15, 0.2) is 24.3 Å². The molecule has 1 aliphatic heterocycles. The number of rotatable bonds is 3. The number of nitrogens with one attached hydrogen (secondary N) is 3. The summed E-state index contributed by atoms with van der Waals surface area (Å²) in [5.41, 5.74) is 1.87. The summed E-state index contributed by atoms with van der Waals surface area (Å²) in [5.74, 6) is 0.473. The average Bonchev–Trinajstić information content (AvgIpc) is 2.85. The van der Waals surface area contributed by atoms with Gasteiger partial charge in [0.2, 0.25) is 11.8 Å². The molecule has 3 N–H and O–H groups in total. The topological polar surface area (TPSA) is 83.2 Å². The first kappa shape index (κ1) is 13.5. The van der Waals surface area contributed by atoms with Gasteiger partial charge in [-0.25, -0.2) is 0 Å². The molecule has 2 unspecified atom stereocenters. The maximum Gasteiger partial charge on any atom is 0.243 e. The Morgan fingerprint density at radius 3 is 2.71 bits per heavy atom. The maximum atomic E-state index is 11.9. The van der Waals surface area contributed by atoms with Crippen molar-refractivity contribution in [1.29, 1.82) is 0 Å². The number of aromatic nitrogens is 1. The minimum Gasteiger partial charge on any atom is -0.497 e. The van der Waals surface area contributed by atoms with Crippen LogP contribution in [0.25, 0.3) is 10.9 Å². The number of aromatic amines is 1. The number of amides is 2. The molecule has 1 aliphatic rings. The summed E-state index contributed by atoms with van der Waals surface area (Å²) >= 11 is 0. The van der Waals surface area contributed by atoms with Crippen molar-refractivity contribution < 1.29 is 14.3 Å². The van der Waals surface area contributed by atoms with Crippen LogP contribution < -0.4 is 15.4 Å². The lowest BCUT2D eigenvalue weighted by molar-refractivity contribution is -0.136. The lowest BCUT2D eigenvalue weighted by Gasteiger charge is -2.27. The highest BCUT2D eigenvalue weighted by atomic mass is 16.5. The van der Waals surface area contributed by atoms with Crippen LogP contribution in [0.4, 0.5) is 0 Å². The average molecular weight is 287 g/mol. The third kappa shape index (κ3) is 2.56. The summed E-state index contributed by atoms with van der Waals surface area (Å²) in [6.07, 6.45) is 0.432. The Balaban J connectivity index is 1.81. The Hall–Kier alpha value is -2.50. The van der Waals surface area contributed by atoms with Crippen LogP contribution in [0.3, 0.4) is 0 Å². The molecule has 21 heavy (non-hydrogen) atoms. The Morgan fingerprint density at radius 1 is 1.14 bits per heavy atom. The summed E-state index contributed by atoms with van der Waals surface area (Å²) in [5, 5.41) is 6.42. The zero-order valence-corrected chi connectivity index (χ0v) is 11.9. The van der Waals surface area contributed by atoms with E-state index in [2.05, 4.69) is 15.6 Å². The van der Waals surface area contributed by atoms with Gasteiger partial charge in [0, 0.05) is 23.0 Å². The minimum absolute atomic E-state index is 0.154. The second kappa shape index (κ2) is 5.12. The number of hydrogen-bond acceptors (Lipinski definition) is 3. The van der Waals surface area contributed by atoms with E-state index in [1.807, 2.05) is 24.3 Å². The van der Waals surface area contributed by atoms with Gasteiger partial charge in [-0.15, -0.1) is 0 Å². The van der Waals surface area contributed by atoms with Gasteiger partial charge in [-0.2, -0.15) is 0 Å². The highest BCUT2D eigenvalue weighted by molar-refractivity contribution is 5.96. The molecule has 6 heteroatoms. The molecule has 0 bridgehead atoms. The van der Waals surface area contributed by atoms with Gasteiger partial charge in [0.05, 0.1) is 7.11 Å².